The van der Waals surface area contributed by atoms with Crippen molar-refractivity contribution in [3.05, 3.63) is 29.3 Å². The van der Waals surface area contributed by atoms with E-state index in [0.29, 0.717) is 11.4 Å². The molecule has 0 aromatic heterocycles. The van der Waals surface area contributed by atoms with Gasteiger partial charge in [-0.25, -0.2) is 13.1 Å². The molecule has 1 unspecified atom stereocenters. The van der Waals surface area contributed by atoms with Gasteiger partial charge in [0.05, 0.1) is 4.90 Å². The molecule has 0 bridgehead atoms. The standard InChI is InChI=1S/C15H26N2O2S/c1-5-7-13(4)17-20(18,19)15-10-14(11-16-6-2)9-8-12(15)3/h8-10,13,16-17H,5-7,11H2,1-4H3. The summed E-state index contributed by atoms with van der Waals surface area (Å²) in [5.41, 5.74) is 1.77. The van der Waals surface area contributed by atoms with Crippen molar-refractivity contribution in [2.24, 2.45) is 0 Å². The van der Waals surface area contributed by atoms with Gasteiger partial charge in [-0.15, -0.1) is 0 Å². The Hall–Kier alpha value is -0.910. The van der Waals surface area contributed by atoms with Crippen molar-refractivity contribution in [3.8, 4) is 0 Å². The van der Waals surface area contributed by atoms with Crippen LogP contribution in [0.4, 0.5) is 0 Å². The third kappa shape index (κ3) is 4.89. The molecule has 0 saturated carbocycles. The second-order valence-corrected chi connectivity index (χ2v) is 6.87. The Morgan fingerprint density at radius 1 is 1.25 bits per heavy atom. The van der Waals surface area contributed by atoms with Gasteiger partial charge in [0.2, 0.25) is 10.0 Å². The summed E-state index contributed by atoms with van der Waals surface area (Å²) in [7, 11) is -3.44. The lowest BCUT2D eigenvalue weighted by Gasteiger charge is -2.15. The van der Waals surface area contributed by atoms with Gasteiger partial charge < -0.3 is 5.32 Å². The molecule has 0 fully saturated rings. The molecular formula is C15H26N2O2S. The topological polar surface area (TPSA) is 58.2 Å². The van der Waals surface area contributed by atoms with Crippen LogP contribution in [0.5, 0.6) is 0 Å². The largest absolute Gasteiger partial charge is 0.313 e. The van der Waals surface area contributed by atoms with Crippen LogP contribution in [0.1, 0.15) is 44.7 Å². The van der Waals surface area contributed by atoms with Crippen molar-refractivity contribution in [3.63, 3.8) is 0 Å². The van der Waals surface area contributed by atoms with E-state index < -0.39 is 10.0 Å². The number of rotatable bonds is 8. The average Bonchev–Trinajstić information content (AvgIpc) is 2.37. The third-order valence-corrected chi connectivity index (χ3v) is 4.93. The van der Waals surface area contributed by atoms with Crippen molar-refractivity contribution in [1.29, 1.82) is 0 Å². The highest BCUT2D eigenvalue weighted by Gasteiger charge is 2.19. The van der Waals surface area contributed by atoms with Crippen LogP contribution in [0.3, 0.4) is 0 Å². The first kappa shape index (κ1) is 17.1. The summed E-state index contributed by atoms with van der Waals surface area (Å²) >= 11 is 0. The van der Waals surface area contributed by atoms with Gasteiger partial charge in [-0.05, 0) is 44.0 Å². The van der Waals surface area contributed by atoms with E-state index in [9.17, 15) is 8.42 Å². The summed E-state index contributed by atoms with van der Waals surface area (Å²) in [6.45, 7) is 9.35. The maximum atomic E-state index is 12.4. The molecule has 0 saturated heterocycles. The van der Waals surface area contributed by atoms with E-state index in [1.807, 2.05) is 39.8 Å². The fraction of sp³-hybridized carbons (Fsp3) is 0.600. The van der Waals surface area contributed by atoms with Gasteiger partial charge in [0.25, 0.3) is 0 Å². The van der Waals surface area contributed by atoms with E-state index in [0.717, 1.165) is 30.5 Å². The number of hydrogen-bond donors (Lipinski definition) is 2. The summed E-state index contributed by atoms with van der Waals surface area (Å²) < 4.78 is 27.6. The molecule has 1 aromatic carbocycles. The Morgan fingerprint density at radius 3 is 2.55 bits per heavy atom. The number of nitrogens with one attached hydrogen (secondary N) is 2. The minimum atomic E-state index is -3.44. The van der Waals surface area contributed by atoms with E-state index in [-0.39, 0.29) is 6.04 Å². The Morgan fingerprint density at radius 2 is 1.95 bits per heavy atom. The monoisotopic (exact) mass is 298 g/mol. The summed E-state index contributed by atoms with van der Waals surface area (Å²) in [6.07, 6.45) is 1.80. The predicted molar refractivity (Wildman–Crippen MR) is 83.3 cm³/mol. The molecule has 1 aromatic rings. The normalized spacial score (nSPS) is 13.4. The third-order valence-electron chi connectivity index (χ3n) is 3.20. The van der Waals surface area contributed by atoms with Crippen LogP contribution in [0.15, 0.2) is 23.1 Å². The molecule has 0 amide bonds. The zero-order valence-electron chi connectivity index (χ0n) is 12.9. The summed E-state index contributed by atoms with van der Waals surface area (Å²) in [6, 6.07) is 5.55. The lowest BCUT2D eigenvalue weighted by molar-refractivity contribution is 0.543. The van der Waals surface area contributed by atoms with Crippen LogP contribution < -0.4 is 10.0 Å². The van der Waals surface area contributed by atoms with Gasteiger partial charge in [-0.1, -0.05) is 32.4 Å². The van der Waals surface area contributed by atoms with E-state index >= 15 is 0 Å². The molecule has 20 heavy (non-hydrogen) atoms. The van der Waals surface area contributed by atoms with E-state index in [1.165, 1.54) is 0 Å². The molecular weight excluding hydrogens is 272 g/mol. The fourth-order valence-electron chi connectivity index (χ4n) is 2.13. The van der Waals surface area contributed by atoms with Crippen LogP contribution in [0.2, 0.25) is 0 Å². The Bertz CT molecular complexity index is 527. The quantitative estimate of drug-likeness (QED) is 0.775. The van der Waals surface area contributed by atoms with Gasteiger partial charge in [0.1, 0.15) is 0 Å². The molecule has 1 rings (SSSR count). The highest BCUT2D eigenvalue weighted by Crippen LogP contribution is 2.18. The number of hydrogen-bond acceptors (Lipinski definition) is 3. The molecule has 0 aliphatic rings. The Labute approximate surface area is 123 Å². The summed E-state index contributed by atoms with van der Waals surface area (Å²) in [4.78, 5) is 0.385. The van der Waals surface area contributed by atoms with Crippen LogP contribution in [0.25, 0.3) is 0 Å². The number of aryl methyl sites for hydroxylation is 1. The fourth-order valence-corrected chi connectivity index (χ4v) is 3.71. The first-order chi connectivity index (χ1) is 9.40. The van der Waals surface area contributed by atoms with Crippen LogP contribution in [-0.4, -0.2) is 21.0 Å². The molecule has 114 valence electrons. The summed E-state index contributed by atoms with van der Waals surface area (Å²) in [5, 5.41) is 3.21. The van der Waals surface area contributed by atoms with Gasteiger partial charge in [0.15, 0.2) is 0 Å². The summed E-state index contributed by atoms with van der Waals surface area (Å²) in [5.74, 6) is 0. The SMILES string of the molecule is CCCC(C)NS(=O)(=O)c1cc(CNCC)ccc1C. The molecule has 0 spiro atoms. The zero-order valence-corrected chi connectivity index (χ0v) is 13.7. The highest BCUT2D eigenvalue weighted by atomic mass is 32.2. The zero-order chi connectivity index (χ0) is 15.2. The first-order valence-electron chi connectivity index (χ1n) is 7.23. The smallest absolute Gasteiger partial charge is 0.241 e. The van der Waals surface area contributed by atoms with Crippen molar-refractivity contribution in [2.75, 3.05) is 6.54 Å². The molecule has 5 heteroatoms. The maximum Gasteiger partial charge on any atom is 0.241 e. The first-order valence-corrected chi connectivity index (χ1v) is 8.71. The molecule has 4 nitrogen and oxygen atoms in total. The maximum absolute atomic E-state index is 12.4. The van der Waals surface area contributed by atoms with Crippen molar-refractivity contribution < 1.29 is 8.42 Å². The molecule has 0 radical (unpaired) electrons. The van der Waals surface area contributed by atoms with Gasteiger partial charge >= 0.3 is 0 Å². The highest BCUT2D eigenvalue weighted by molar-refractivity contribution is 7.89. The van der Waals surface area contributed by atoms with Crippen LogP contribution >= 0.6 is 0 Å². The van der Waals surface area contributed by atoms with Crippen molar-refractivity contribution >= 4 is 10.0 Å². The van der Waals surface area contributed by atoms with E-state index in [4.69, 9.17) is 0 Å². The predicted octanol–water partition coefficient (Wildman–Crippen LogP) is 2.57. The molecule has 0 aliphatic carbocycles. The minimum Gasteiger partial charge on any atom is -0.313 e. The van der Waals surface area contributed by atoms with Crippen LogP contribution in [-0.2, 0) is 16.6 Å². The van der Waals surface area contributed by atoms with E-state index in [2.05, 4.69) is 10.0 Å². The van der Waals surface area contributed by atoms with Crippen molar-refractivity contribution in [2.45, 2.75) is 58.0 Å². The minimum absolute atomic E-state index is 0.0400. The van der Waals surface area contributed by atoms with Gasteiger partial charge in [0, 0.05) is 12.6 Å². The van der Waals surface area contributed by atoms with E-state index in [1.54, 1.807) is 6.07 Å². The molecule has 2 N–H and O–H groups in total. The Balaban J connectivity index is 2.98. The number of benzene rings is 1. The van der Waals surface area contributed by atoms with Gasteiger partial charge in [-0.2, -0.15) is 0 Å². The lowest BCUT2D eigenvalue weighted by Crippen LogP contribution is -2.33. The second-order valence-electron chi connectivity index (χ2n) is 5.19. The Kier molecular flexibility index (Phi) is 6.65. The van der Waals surface area contributed by atoms with Crippen LogP contribution in [0, 0.1) is 6.92 Å². The van der Waals surface area contributed by atoms with Gasteiger partial charge in [-0.3, -0.25) is 0 Å². The number of sulfonamides is 1. The molecule has 1 atom stereocenters. The lowest BCUT2D eigenvalue weighted by atomic mass is 10.1. The van der Waals surface area contributed by atoms with Crippen molar-refractivity contribution in [1.82, 2.24) is 10.0 Å². The molecule has 0 aliphatic heterocycles. The second kappa shape index (κ2) is 7.76. The average molecular weight is 298 g/mol. The molecule has 0 heterocycles.